The van der Waals surface area contributed by atoms with E-state index in [1.54, 1.807) is 12.1 Å². The molecule has 0 saturated carbocycles. The number of hydrogen-bond acceptors (Lipinski definition) is 6. The van der Waals surface area contributed by atoms with Crippen LogP contribution in [-0.4, -0.2) is 18.5 Å². The van der Waals surface area contributed by atoms with E-state index < -0.39 is 18.5 Å². The number of anilines is 1. The Morgan fingerprint density at radius 2 is 1.96 bits per heavy atom. The van der Waals surface area contributed by atoms with Crippen molar-refractivity contribution in [3.05, 3.63) is 73.6 Å². The van der Waals surface area contributed by atoms with Crippen molar-refractivity contribution >= 4 is 63.5 Å². The summed E-state index contributed by atoms with van der Waals surface area (Å²) < 4.78 is 5.19. The van der Waals surface area contributed by atoms with Crippen molar-refractivity contribution in [3.63, 3.8) is 0 Å². The van der Waals surface area contributed by atoms with Crippen LogP contribution in [0.15, 0.2) is 53.2 Å². The first-order chi connectivity index (χ1) is 13.6. The Hall–Kier alpha value is -2.92. The van der Waals surface area contributed by atoms with Crippen molar-refractivity contribution in [2.45, 2.75) is 0 Å². The summed E-state index contributed by atoms with van der Waals surface area (Å²) in [5.41, 5.74) is 0.912. The average molecular weight is 429 g/mol. The van der Waals surface area contributed by atoms with Gasteiger partial charge in [-0.15, -0.1) is 22.7 Å². The van der Waals surface area contributed by atoms with Crippen LogP contribution in [0, 0.1) is 11.3 Å². The van der Waals surface area contributed by atoms with Crippen molar-refractivity contribution in [1.29, 1.82) is 5.26 Å². The predicted octanol–water partition coefficient (Wildman–Crippen LogP) is 5.06. The lowest BCUT2D eigenvalue weighted by molar-refractivity contribution is -0.141. The summed E-state index contributed by atoms with van der Waals surface area (Å²) >= 11 is 8.80. The third-order valence-electron chi connectivity index (χ3n) is 3.55. The molecule has 1 N–H and O–H groups in total. The second-order valence-electron chi connectivity index (χ2n) is 5.48. The van der Waals surface area contributed by atoms with Gasteiger partial charge >= 0.3 is 5.97 Å². The largest absolute Gasteiger partial charge is 0.452 e. The van der Waals surface area contributed by atoms with Crippen LogP contribution in [0.5, 0.6) is 0 Å². The number of halogens is 1. The van der Waals surface area contributed by atoms with Crippen LogP contribution in [0.2, 0.25) is 5.02 Å². The lowest BCUT2D eigenvalue weighted by Gasteiger charge is -2.09. The second kappa shape index (κ2) is 9.33. The van der Waals surface area contributed by atoms with Gasteiger partial charge in [0.25, 0.3) is 5.91 Å². The van der Waals surface area contributed by atoms with Gasteiger partial charge in [-0.1, -0.05) is 23.7 Å². The molecule has 0 aliphatic carbocycles. The first-order valence-corrected chi connectivity index (χ1v) is 10.2. The molecule has 1 amide bonds. The molecule has 140 valence electrons. The number of amides is 1. The Bertz CT molecular complexity index is 1050. The van der Waals surface area contributed by atoms with Crippen molar-refractivity contribution in [2.75, 3.05) is 11.9 Å². The van der Waals surface area contributed by atoms with Crippen LogP contribution in [0.3, 0.4) is 0 Å². The normalized spacial score (nSPS) is 10.9. The number of thiophene rings is 2. The zero-order valence-electron chi connectivity index (χ0n) is 14.3. The number of nitrogens with one attached hydrogen (secondary N) is 1. The van der Waals surface area contributed by atoms with Gasteiger partial charge in [-0.05, 0) is 47.2 Å². The number of benzene rings is 1. The quantitative estimate of drug-likeness (QED) is 0.439. The fourth-order valence-corrected chi connectivity index (χ4v) is 3.85. The third-order valence-corrected chi connectivity index (χ3v) is 5.50. The highest BCUT2D eigenvalue weighted by Crippen LogP contribution is 2.26. The third kappa shape index (κ3) is 5.08. The molecule has 0 atom stereocenters. The SMILES string of the molecule is N#Cc1ccc(Cl)cc1NC(=O)COC(=O)/C(=C/c1cccs1)c1cccs1. The number of esters is 1. The monoisotopic (exact) mass is 428 g/mol. The van der Waals surface area contributed by atoms with Crippen molar-refractivity contribution in [1.82, 2.24) is 0 Å². The van der Waals surface area contributed by atoms with E-state index in [-0.39, 0.29) is 11.3 Å². The lowest BCUT2D eigenvalue weighted by atomic mass is 10.2. The van der Waals surface area contributed by atoms with Crippen LogP contribution in [0.25, 0.3) is 11.6 Å². The first kappa shape index (κ1) is 19.8. The molecule has 0 aliphatic rings. The van der Waals surface area contributed by atoms with Gasteiger partial charge in [0.15, 0.2) is 6.61 Å². The van der Waals surface area contributed by atoms with E-state index in [2.05, 4.69) is 5.32 Å². The Labute approximate surface area is 174 Å². The van der Waals surface area contributed by atoms with Crippen molar-refractivity contribution in [3.8, 4) is 6.07 Å². The number of ether oxygens (including phenoxy) is 1. The molecule has 2 aromatic heterocycles. The molecule has 0 bridgehead atoms. The highest BCUT2D eigenvalue weighted by atomic mass is 35.5. The minimum atomic E-state index is -0.599. The molecule has 0 aliphatic heterocycles. The van der Waals surface area contributed by atoms with Crippen LogP contribution < -0.4 is 5.32 Å². The Kier molecular flexibility index (Phi) is 6.61. The Morgan fingerprint density at radius 3 is 2.64 bits per heavy atom. The number of nitriles is 1. The summed E-state index contributed by atoms with van der Waals surface area (Å²) in [4.78, 5) is 26.4. The molecule has 2 heterocycles. The van der Waals surface area contributed by atoms with Gasteiger partial charge < -0.3 is 10.1 Å². The second-order valence-corrected chi connectivity index (χ2v) is 7.84. The molecular weight excluding hydrogens is 416 g/mol. The molecule has 0 radical (unpaired) electrons. The van der Waals surface area contributed by atoms with E-state index in [4.69, 9.17) is 21.6 Å². The summed E-state index contributed by atoms with van der Waals surface area (Å²) in [5, 5.41) is 15.8. The molecule has 3 rings (SSSR count). The molecule has 0 fully saturated rings. The van der Waals surface area contributed by atoms with E-state index in [1.165, 1.54) is 34.8 Å². The van der Waals surface area contributed by atoms with Crippen LogP contribution in [0.4, 0.5) is 5.69 Å². The van der Waals surface area contributed by atoms with Gasteiger partial charge in [0.2, 0.25) is 0 Å². The van der Waals surface area contributed by atoms with E-state index in [0.717, 1.165) is 9.75 Å². The molecule has 0 saturated heterocycles. The molecule has 28 heavy (non-hydrogen) atoms. The molecule has 5 nitrogen and oxygen atoms in total. The molecule has 1 aromatic carbocycles. The average Bonchev–Trinajstić information content (AvgIpc) is 3.38. The van der Waals surface area contributed by atoms with Crippen LogP contribution in [0.1, 0.15) is 15.3 Å². The highest BCUT2D eigenvalue weighted by molar-refractivity contribution is 7.12. The summed E-state index contributed by atoms with van der Waals surface area (Å²) in [6.07, 6.45) is 1.74. The predicted molar refractivity (Wildman–Crippen MR) is 112 cm³/mol. The van der Waals surface area contributed by atoms with Crippen LogP contribution in [-0.2, 0) is 14.3 Å². The van der Waals surface area contributed by atoms with Gasteiger partial charge in [0.05, 0.1) is 16.8 Å². The number of rotatable bonds is 6. The van der Waals surface area contributed by atoms with E-state index in [0.29, 0.717) is 10.6 Å². The Morgan fingerprint density at radius 1 is 1.18 bits per heavy atom. The standard InChI is InChI=1S/C20H13ClN2O3S2/c21-14-6-5-13(11-22)17(9-14)23-19(24)12-26-20(25)16(18-4-2-8-28-18)10-15-3-1-7-27-15/h1-10H,12H2,(H,23,24)/b16-10+. The minimum absolute atomic E-state index is 0.265. The number of hydrogen-bond donors (Lipinski definition) is 1. The van der Waals surface area contributed by atoms with Gasteiger partial charge in [-0.3, -0.25) is 4.79 Å². The first-order valence-electron chi connectivity index (χ1n) is 8.02. The zero-order valence-corrected chi connectivity index (χ0v) is 16.7. The fourth-order valence-electron chi connectivity index (χ4n) is 2.29. The molecular formula is C20H13ClN2O3S2. The molecule has 0 unspecified atom stereocenters. The van der Waals surface area contributed by atoms with Crippen LogP contribution >= 0.6 is 34.3 Å². The molecule has 3 aromatic rings. The van der Waals surface area contributed by atoms with Gasteiger partial charge in [0.1, 0.15) is 6.07 Å². The van der Waals surface area contributed by atoms with E-state index in [9.17, 15) is 9.59 Å². The van der Waals surface area contributed by atoms with Gasteiger partial charge in [-0.25, -0.2) is 4.79 Å². The van der Waals surface area contributed by atoms with Crippen molar-refractivity contribution < 1.29 is 14.3 Å². The summed E-state index contributed by atoms with van der Waals surface area (Å²) in [6.45, 7) is -0.483. The Balaban J connectivity index is 1.69. The van der Waals surface area contributed by atoms with E-state index in [1.807, 2.05) is 41.1 Å². The van der Waals surface area contributed by atoms with Crippen molar-refractivity contribution in [2.24, 2.45) is 0 Å². The number of carbonyl (C=O) groups is 2. The zero-order chi connectivity index (χ0) is 19.9. The maximum atomic E-state index is 12.6. The smallest absolute Gasteiger partial charge is 0.340 e. The summed E-state index contributed by atoms with van der Waals surface area (Å²) in [6, 6.07) is 13.9. The number of carbonyl (C=O) groups excluding carboxylic acids is 2. The fraction of sp³-hybridized carbons (Fsp3) is 0.0500. The maximum Gasteiger partial charge on any atom is 0.340 e. The molecule has 8 heteroatoms. The lowest BCUT2D eigenvalue weighted by Crippen LogP contribution is -2.21. The maximum absolute atomic E-state index is 12.6. The molecule has 0 spiro atoms. The van der Waals surface area contributed by atoms with Gasteiger partial charge in [-0.2, -0.15) is 5.26 Å². The highest BCUT2D eigenvalue weighted by Gasteiger charge is 2.17. The summed E-state index contributed by atoms with van der Waals surface area (Å²) in [7, 11) is 0. The summed E-state index contributed by atoms with van der Waals surface area (Å²) in [5.74, 6) is -1.16. The minimum Gasteiger partial charge on any atom is -0.452 e. The van der Waals surface area contributed by atoms with E-state index >= 15 is 0 Å². The topological polar surface area (TPSA) is 79.2 Å². The number of nitrogens with zero attached hydrogens (tertiary/aromatic N) is 1. The van der Waals surface area contributed by atoms with Gasteiger partial charge in [0, 0.05) is 14.8 Å².